The van der Waals surface area contributed by atoms with Crippen LogP contribution in [0, 0.1) is 18.8 Å². The highest BCUT2D eigenvalue weighted by Crippen LogP contribution is 2.34. The third-order valence-electron chi connectivity index (χ3n) is 7.25. The minimum absolute atomic E-state index is 0.321. The second kappa shape index (κ2) is 10.4. The van der Waals surface area contributed by atoms with Crippen LogP contribution in [-0.2, 0) is 4.74 Å². The van der Waals surface area contributed by atoms with Crippen molar-refractivity contribution in [2.45, 2.75) is 77.2 Å². The summed E-state index contributed by atoms with van der Waals surface area (Å²) in [5, 5.41) is 0. The molecule has 0 aromatic heterocycles. The molecule has 2 aromatic rings. The van der Waals surface area contributed by atoms with Crippen molar-refractivity contribution in [1.82, 2.24) is 0 Å². The molecule has 1 fully saturated rings. The Bertz CT molecular complexity index is 793. The molecule has 2 unspecified atom stereocenters. The quantitative estimate of drug-likeness (QED) is 0.425. The van der Waals surface area contributed by atoms with Crippen LogP contribution in [0.5, 0.6) is 0 Å². The van der Waals surface area contributed by atoms with Crippen LogP contribution in [0.15, 0.2) is 60.7 Å². The molecule has 160 valence electrons. The molecule has 2 atom stereocenters. The Labute approximate surface area is 183 Å². The van der Waals surface area contributed by atoms with Crippen molar-refractivity contribution in [3.63, 3.8) is 0 Å². The van der Waals surface area contributed by atoms with Crippen LogP contribution in [0.4, 0.5) is 0 Å². The second-order valence-corrected chi connectivity index (χ2v) is 9.60. The van der Waals surface area contributed by atoms with Gasteiger partial charge in [-0.2, -0.15) is 0 Å². The van der Waals surface area contributed by atoms with E-state index in [2.05, 4.69) is 74.5 Å². The van der Waals surface area contributed by atoms with E-state index >= 15 is 0 Å². The van der Waals surface area contributed by atoms with E-state index in [1.165, 1.54) is 67.2 Å². The summed E-state index contributed by atoms with van der Waals surface area (Å²) in [6.45, 7) is 5.41. The maximum absolute atomic E-state index is 6.30. The van der Waals surface area contributed by atoms with Crippen molar-refractivity contribution in [2.24, 2.45) is 11.8 Å². The van der Waals surface area contributed by atoms with Gasteiger partial charge in [-0.05, 0) is 61.1 Å². The van der Waals surface area contributed by atoms with Crippen LogP contribution in [0.1, 0.15) is 75.3 Å². The fourth-order valence-corrected chi connectivity index (χ4v) is 5.23. The Morgan fingerprint density at radius 2 is 1.37 bits per heavy atom. The minimum atomic E-state index is 0.321. The summed E-state index contributed by atoms with van der Waals surface area (Å²) in [4.78, 5) is 0. The molecule has 1 saturated carbocycles. The second-order valence-electron chi connectivity index (χ2n) is 9.60. The summed E-state index contributed by atoms with van der Waals surface area (Å²) in [7, 11) is 0. The third-order valence-corrected chi connectivity index (χ3v) is 7.25. The van der Waals surface area contributed by atoms with Crippen molar-refractivity contribution in [2.75, 3.05) is 6.61 Å². The summed E-state index contributed by atoms with van der Waals surface area (Å²) in [5.41, 5.74) is 5.33. The molecule has 0 spiro atoms. The number of rotatable bonds is 7. The maximum Gasteiger partial charge on any atom is 0.0756 e. The Balaban J connectivity index is 1.25. The molecule has 2 aromatic carbocycles. The van der Waals surface area contributed by atoms with Crippen molar-refractivity contribution >= 4 is 0 Å². The van der Waals surface area contributed by atoms with Crippen LogP contribution in [0.3, 0.4) is 0 Å². The fourth-order valence-electron chi connectivity index (χ4n) is 5.23. The highest BCUT2D eigenvalue weighted by molar-refractivity contribution is 5.64. The first-order chi connectivity index (χ1) is 14.7. The van der Waals surface area contributed by atoms with Gasteiger partial charge in [-0.1, -0.05) is 98.9 Å². The predicted molar refractivity (Wildman–Crippen MR) is 128 cm³/mol. The zero-order valence-corrected chi connectivity index (χ0v) is 18.9. The largest absolute Gasteiger partial charge is 0.374 e. The monoisotopic (exact) mass is 402 g/mol. The van der Waals surface area contributed by atoms with E-state index < -0.39 is 0 Å². The minimum Gasteiger partial charge on any atom is -0.374 e. The maximum atomic E-state index is 6.30. The number of hydrogen-bond acceptors (Lipinski definition) is 1. The molecule has 30 heavy (non-hydrogen) atoms. The van der Waals surface area contributed by atoms with Gasteiger partial charge in [-0.15, -0.1) is 0 Å². The first-order valence-corrected chi connectivity index (χ1v) is 12.2. The first kappa shape index (κ1) is 21.4. The summed E-state index contributed by atoms with van der Waals surface area (Å²) in [6.07, 6.45) is 15.7. The molecule has 2 aliphatic carbocycles. The molecule has 4 rings (SSSR count). The molecule has 1 heteroatoms. The Morgan fingerprint density at radius 3 is 1.97 bits per heavy atom. The summed E-state index contributed by atoms with van der Waals surface area (Å²) < 4.78 is 6.30. The molecular weight excluding hydrogens is 364 g/mol. The molecule has 0 saturated heterocycles. The summed E-state index contributed by atoms with van der Waals surface area (Å²) >= 11 is 0. The molecule has 0 aliphatic heterocycles. The van der Waals surface area contributed by atoms with Gasteiger partial charge in [0.15, 0.2) is 0 Å². The highest BCUT2D eigenvalue weighted by atomic mass is 16.5. The van der Waals surface area contributed by atoms with Gasteiger partial charge in [0.05, 0.1) is 12.7 Å². The van der Waals surface area contributed by atoms with E-state index in [9.17, 15) is 0 Å². The average Bonchev–Trinajstić information content (AvgIpc) is 2.80. The summed E-state index contributed by atoms with van der Waals surface area (Å²) in [6, 6.07) is 17.9. The van der Waals surface area contributed by atoms with E-state index in [0.29, 0.717) is 12.0 Å². The van der Waals surface area contributed by atoms with E-state index in [-0.39, 0.29) is 0 Å². The normalized spacial score (nSPS) is 26.6. The van der Waals surface area contributed by atoms with Crippen molar-refractivity contribution in [3.8, 4) is 11.1 Å². The van der Waals surface area contributed by atoms with Crippen LogP contribution in [0.2, 0.25) is 0 Å². The van der Waals surface area contributed by atoms with Crippen molar-refractivity contribution < 1.29 is 4.74 Å². The Morgan fingerprint density at radius 1 is 0.733 bits per heavy atom. The zero-order chi connectivity index (χ0) is 20.8. The third kappa shape index (κ3) is 5.64. The lowest BCUT2D eigenvalue weighted by molar-refractivity contribution is 0.0332. The molecule has 0 N–H and O–H groups in total. The fraction of sp³-hybridized carbons (Fsp3) is 0.517. The van der Waals surface area contributed by atoms with Gasteiger partial charge < -0.3 is 4.74 Å². The molecule has 0 bridgehead atoms. The van der Waals surface area contributed by atoms with Gasteiger partial charge in [-0.25, -0.2) is 0 Å². The van der Waals surface area contributed by atoms with E-state index in [0.717, 1.165) is 24.9 Å². The predicted octanol–water partition coefficient (Wildman–Crippen LogP) is 8.09. The van der Waals surface area contributed by atoms with Crippen molar-refractivity contribution in [1.29, 1.82) is 0 Å². The van der Waals surface area contributed by atoms with Gasteiger partial charge in [0.1, 0.15) is 0 Å². The lowest BCUT2D eigenvalue weighted by atomic mass is 9.80. The molecule has 1 nitrogen and oxygen atoms in total. The van der Waals surface area contributed by atoms with E-state index in [4.69, 9.17) is 4.74 Å². The topological polar surface area (TPSA) is 9.23 Å². The Hall–Kier alpha value is -1.86. The molecule has 0 amide bonds. The van der Waals surface area contributed by atoms with E-state index in [1.54, 1.807) is 0 Å². The lowest BCUT2D eigenvalue weighted by Crippen LogP contribution is -2.23. The average molecular weight is 403 g/mol. The van der Waals surface area contributed by atoms with Crippen molar-refractivity contribution in [3.05, 3.63) is 71.8 Å². The van der Waals surface area contributed by atoms with Gasteiger partial charge in [0, 0.05) is 5.92 Å². The highest BCUT2D eigenvalue weighted by Gasteiger charge is 2.23. The number of allylic oxidation sites excluding steroid dienone is 1. The lowest BCUT2D eigenvalue weighted by Gasteiger charge is -2.30. The standard InChI is InChI=1S/C29H38O/c1-3-4-23-7-9-24(10-8-23)21-30-29-19-17-28(18-20-29)27-15-13-26(14-16-27)25-11-5-22(2)6-12-25/h5-6,11-17,19,23-24,28-29H,3-4,7-10,18,20-21H2,1-2H3. The van der Waals surface area contributed by atoms with Gasteiger partial charge in [0.25, 0.3) is 0 Å². The van der Waals surface area contributed by atoms with E-state index in [1.807, 2.05) is 0 Å². The Kier molecular flexibility index (Phi) is 7.44. The van der Waals surface area contributed by atoms with Crippen LogP contribution < -0.4 is 0 Å². The number of aryl methyl sites for hydroxylation is 1. The van der Waals surface area contributed by atoms with Gasteiger partial charge in [-0.3, -0.25) is 0 Å². The molecular formula is C29H38O. The van der Waals surface area contributed by atoms with Gasteiger partial charge >= 0.3 is 0 Å². The van der Waals surface area contributed by atoms with Crippen LogP contribution >= 0.6 is 0 Å². The first-order valence-electron chi connectivity index (χ1n) is 12.2. The molecule has 0 heterocycles. The number of hydrogen-bond donors (Lipinski definition) is 0. The van der Waals surface area contributed by atoms with Crippen LogP contribution in [-0.4, -0.2) is 12.7 Å². The molecule has 0 radical (unpaired) electrons. The van der Waals surface area contributed by atoms with Crippen LogP contribution in [0.25, 0.3) is 11.1 Å². The van der Waals surface area contributed by atoms with Gasteiger partial charge in [0.2, 0.25) is 0 Å². The number of ether oxygens (including phenoxy) is 1. The number of benzene rings is 2. The summed E-state index contributed by atoms with van der Waals surface area (Å²) in [5.74, 6) is 2.30. The zero-order valence-electron chi connectivity index (χ0n) is 18.9. The SMILES string of the molecule is CCCC1CCC(COC2C=CC(c3ccc(-c4ccc(C)cc4)cc3)CC2)CC1. The molecule has 2 aliphatic rings. The smallest absolute Gasteiger partial charge is 0.0756 e.